The van der Waals surface area contributed by atoms with Crippen molar-refractivity contribution in [2.75, 3.05) is 6.61 Å². The maximum Gasteiger partial charge on any atom is 0.325 e. The van der Waals surface area contributed by atoms with Gasteiger partial charge < -0.3 is 15.2 Å². The second-order valence-corrected chi connectivity index (χ2v) is 6.28. The van der Waals surface area contributed by atoms with Gasteiger partial charge in [-0.15, -0.1) is 0 Å². The van der Waals surface area contributed by atoms with Crippen LogP contribution in [0.25, 0.3) is 10.8 Å². The lowest BCUT2D eigenvalue weighted by molar-refractivity contribution is -0.138. The number of rotatable bonds is 7. The first kappa shape index (κ1) is 18.5. The SMILES string of the molecule is C[C@H](NC(=O)c1ccc2ccccc2c1OCCc1ccccc1)C(=O)O. The van der Waals surface area contributed by atoms with Gasteiger partial charge >= 0.3 is 5.97 Å². The fourth-order valence-corrected chi connectivity index (χ4v) is 2.83. The van der Waals surface area contributed by atoms with E-state index >= 15 is 0 Å². The first-order valence-corrected chi connectivity index (χ1v) is 8.78. The molecule has 0 saturated heterocycles. The van der Waals surface area contributed by atoms with Gasteiger partial charge in [-0.25, -0.2) is 0 Å². The van der Waals surface area contributed by atoms with Gasteiger partial charge in [-0.2, -0.15) is 0 Å². The molecule has 0 fully saturated rings. The molecule has 1 atom stereocenters. The normalized spacial score (nSPS) is 11.7. The predicted molar refractivity (Wildman–Crippen MR) is 104 cm³/mol. The highest BCUT2D eigenvalue weighted by Gasteiger charge is 2.20. The maximum atomic E-state index is 12.6. The minimum Gasteiger partial charge on any atom is -0.492 e. The lowest BCUT2D eigenvalue weighted by Crippen LogP contribution is -2.38. The van der Waals surface area contributed by atoms with Gasteiger partial charge in [0.25, 0.3) is 5.91 Å². The molecule has 0 unspecified atom stereocenters. The van der Waals surface area contributed by atoms with E-state index in [4.69, 9.17) is 9.84 Å². The largest absolute Gasteiger partial charge is 0.492 e. The third-order valence-electron chi connectivity index (χ3n) is 4.32. The van der Waals surface area contributed by atoms with Gasteiger partial charge in [-0.1, -0.05) is 60.7 Å². The highest BCUT2D eigenvalue weighted by atomic mass is 16.5. The zero-order valence-electron chi connectivity index (χ0n) is 15.0. The number of carboxylic acids is 1. The summed E-state index contributed by atoms with van der Waals surface area (Å²) in [4.78, 5) is 23.6. The van der Waals surface area contributed by atoms with Crippen LogP contribution < -0.4 is 10.1 Å². The molecule has 0 bridgehead atoms. The number of hydrogen-bond acceptors (Lipinski definition) is 3. The molecular weight excluding hydrogens is 342 g/mol. The molecule has 0 aromatic heterocycles. The van der Waals surface area contributed by atoms with Gasteiger partial charge in [-0.05, 0) is 23.9 Å². The van der Waals surface area contributed by atoms with E-state index in [1.807, 2.05) is 60.7 Å². The summed E-state index contributed by atoms with van der Waals surface area (Å²) < 4.78 is 6.01. The lowest BCUT2D eigenvalue weighted by atomic mass is 10.0. The molecule has 3 aromatic rings. The molecule has 3 aromatic carbocycles. The third kappa shape index (κ3) is 4.44. The summed E-state index contributed by atoms with van der Waals surface area (Å²) in [5.41, 5.74) is 1.47. The minimum atomic E-state index is -1.09. The van der Waals surface area contributed by atoms with Crippen molar-refractivity contribution in [2.45, 2.75) is 19.4 Å². The van der Waals surface area contributed by atoms with E-state index in [0.717, 1.165) is 16.3 Å². The smallest absolute Gasteiger partial charge is 0.325 e. The number of hydrogen-bond donors (Lipinski definition) is 2. The van der Waals surface area contributed by atoms with E-state index in [-0.39, 0.29) is 0 Å². The van der Waals surface area contributed by atoms with Crippen LogP contribution >= 0.6 is 0 Å². The molecule has 0 aliphatic rings. The van der Waals surface area contributed by atoms with Crippen LogP contribution in [0.4, 0.5) is 0 Å². The lowest BCUT2D eigenvalue weighted by Gasteiger charge is -2.16. The predicted octanol–water partition coefficient (Wildman–Crippen LogP) is 3.66. The van der Waals surface area contributed by atoms with Crippen molar-refractivity contribution in [3.8, 4) is 5.75 Å². The number of nitrogens with one attached hydrogen (secondary N) is 1. The van der Waals surface area contributed by atoms with Crippen LogP contribution in [-0.2, 0) is 11.2 Å². The zero-order chi connectivity index (χ0) is 19.2. The molecule has 0 radical (unpaired) electrons. The van der Waals surface area contributed by atoms with Crippen molar-refractivity contribution in [3.05, 3.63) is 77.9 Å². The fourth-order valence-electron chi connectivity index (χ4n) is 2.83. The topological polar surface area (TPSA) is 75.6 Å². The van der Waals surface area contributed by atoms with Gasteiger partial charge in [-0.3, -0.25) is 9.59 Å². The summed E-state index contributed by atoms with van der Waals surface area (Å²) in [5.74, 6) is -1.08. The summed E-state index contributed by atoms with van der Waals surface area (Å²) in [6.07, 6.45) is 0.705. The molecule has 0 aliphatic carbocycles. The van der Waals surface area contributed by atoms with Crippen LogP contribution in [-0.4, -0.2) is 29.6 Å². The second kappa shape index (κ2) is 8.36. The number of carbonyl (C=O) groups excluding carboxylic acids is 1. The molecule has 3 rings (SSSR count). The Balaban J connectivity index is 1.87. The molecule has 5 heteroatoms. The van der Waals surface area contributed by atoms with Crippen molar-refractivity contribution in [1.82, 2.24) is 5.32 Å². The van der Waals surface area contributed by atoms with Gasteiger partial charge in [0.05, 0.1) is 12.2 Å². The molecule has 5 nitrogen and oxygen atoms in total. The number of carbonyl (C=O) groups is 2. The quantitative estimate of drug-likeness (QED) is 0.672. The second-order valence-electron chi connectivity index (χ2n) is 6.28. The summed E-state index contributed by atoms with van der Waals surface area (Å²) in [6, 6.07) is 20.1. The summed E-state index contributed by atoms with van der Waals surface area (Å²) in [6.45, 7) is 1.84. The zero-order valence-corrected chi connectivity index (χ0v) is 15.0. The van der Waals surface area contributed by atoms with E-state index < -0.39 is 17.9 Å². The Hall–Kier alpha value is -3.34. The van der Waals surface area contributed by atoms with Gasteiger partial charge in [0.2, 0.25) is 0 Å². The van der Waals surface area contributed by atoms with Crippen molar-refractivity contribution in [3.63, 3.8) is 0 Å². The molecule has 138 valence electrons. The number of aliphatic carboxylic acids is 1. The van der Waals surface area contributed by atoms with Crippen LogP contribution in [0.5, 0.6) is 5.75 Å². The van der Waals surface area contributed by atoms with E-state index in [1.54, 1.807) is 6.07 Å². The average molecular weight is 363 g/mol. The van der Waals surface area contributed by atoms with Gasteiger partial charge in [0, 0.05) is 11.8 Å². The average Bonchev–Trinajstić information content (AvgIpc) is 2.68. The van der Waals surface area contributed by atoms with E-state index in [9.17, 15) is 9.59 Å². The Morgan fingerprint density at radius 3 is 2.44 bits per heavy atom. The van der Waals surface area contributed by atoms with Crippen LogP contribution in [0, 0.1) is 0 Å². The first-order chi connectivity index (χ1) is 13.1. The minimum absolute atomic E-state index is 0.329. The Bertz CT molecular complexity index is 953. The molecule has 0 heterocycles. The van der Waals surface area contributed by atoms with Crippen molar-refractivity contribution in [2.24, 2.45) is 0 Å². The fraction of sp³-hybridized carbons (Fsp3) is 0.182. The monoisotopic (exact) mass is 363 g/mol. The molecule has 27 heavy (non-hydrogen) atoms. The number of fused-ring (bicyclic) bond motifs is 1. The van der Waals surface area contributed by atoms with Crippen molar-refractivity contribution >= 4 is 22.6 Å². The Morgan fingerprint density at radius 2 is 1.70 bits per heavy atom. The molecule has 2 N–H and O–H groups in total. The van der Waals surface area contributed by atoms with Crippen LogP contribution in [0.15, 0.2) is 66.7 Å². The number of ether oxygens (including phenoxy) is 1. The Labute approximate surface area is 157 Å². The van der Waals surface area contributed by atoms with Crippen molar-refractivity contribution in [1.29, 1.82) is 0 Å². The highest BCUT2D eigenvalue weighted by Crippen LogP contribution is 2.30. The standard InChI is InChI=1S/C22H21NO4/c1-15(22(25)26)23-21(24)19-12-11-17-9-5-6-10-18(17)20(19)27-14-13-16-7-3-2-4-8-16/h2-12,15H,13-14H2,1H3,(H,23,24)(H,25,26)/t15-/m0/s1. The number of carboxylic acid groups (broad SMARTS) is 1. The molecule has 0 aliphatic heterocycles. The maximum absolute atomic E-state index is 12.6. The summed E-state index contributed by atoms with van der Waals surface area (Å²) in [5, 5.41) is 13.3. The molecule has 1 amide bonds. The molecular formula is C22H21NO4. The number of benzene rings is 3. The summed E-state index contributed by atoms with van der Waals surface area (Å²) in [7, 11) is 0. The van der Waals surface area contributed by atoms with Crippen molar-refractivity contribution < 1.29 is 19.4 Å². The number of amides is 1. The Kier molecular flexibility index (Phi) is 5.71. The first-order valence-electron chi connectivity index (χ1n) is 8.78. The Morgan fingerprint density at radius 1 is 1.00 bits per heavy atom. The third-order valence-corrected chi connectivity index (χ3v) is 4.32. The highest BCUT2D eigenvalue weighted by molar-refractivity contribution is 6.04. The van der Waals surface area contributed by atoms with Crippen LogP contribution in [0.3, 0.4) is 0 Å². The van der Waals surface area contributed by atoms with Gasteiger partial charge in [0.1, 0.15) is 11.8 Å². The molecule has 0 spiro atoms. The summed E-state index contributed by atoms with van der Waals surface area (Å²) >= 11 is 0. The van der Waals surface area contributed by atoms with Crippen LogP contribution in [0.2, 0.25) is 0 Å². The van der Waals surface area contributed by atoms with E-state index in [0.29, 0.717) is 24.3 Å². The van der Waals surface area contributed by atoms with E-state index in [2.05, 4.69) is 5.32 Å². The molecule has 0 saturated carbocycles. The van der Waals surface area contributed by atoms with Crippen LogP contribution in [0.1, 0.15) is 22.8 Å². The van der Waals surface area contributed by atoms with E-state index in [1.165, 1.54) is 6.92 Å². The van der Waals surface area contributed by atoms with Gasteiger partial charge in [0.15, 0.2) is 0 Å².